The summed E-state index contributed by atoms with van der Waals surface area (Å²) in [6.07, 6.45) is 1.11. The van der Waals surface area contributed by atoms with Crippen molar-refractivity contribution in [2.24, 2.45) is 0 Å². The fourth-order valence-electron chi connectivity index (χ4n) is 5.47. The van der Waals surface area contributed by atoms with Crippen LogP contribution >= 0.6 is 23.6 Å². The number of rotatable bonds is 11. The van der Waals surface area contributed by atoms with Gasteiger partial charge in [0, 0.05) is 62.8 Å². The minimum Gasteiger partial charge on any atom is -0.502 e. The maximum Gasteiger partial charge on any atom is 0.156 e. The van der Waals surface area contributed by atoms with Crippen molar-refractivity contribution < 1.29 is 14.6 Å². The molecule has 47 heavy (non-hydrogen) atoms. The Kier molecular flexibility index (Phi) is 10.6. The Morgan fingerprint density at radius 1 is 0.638 bits per heavy atom. The van der Waals surface area contributed by atoms with Crippen LogP contribution in [-0.2, 0) is 19.6 Å². The number of fused-ring (bicyclic) bond motifs is 2. The molecule has 5 nitrogen and oxygen atoms in total. The predicted octanol–water partition coefficient (Wildman–Crippen LogP) is 9.77. The topological polar surface area (TPSA) is 64.5 Å². The van der Waals surface area contributed by atoms with Gasteiger partial charge in [-0.15, -0.1) is 11.3 Å². The van der Waals surface area contributed by atoms with Gasteiger partial charge in [0.1, 0.15) is 24.7 Å². The summed E-state index contributed by atoms with van der Waals surface area (Å²) in [6.45, 7) is 0.781. The Morgan fingerprint density at radius 3 is 1.68 bits per heavy atom. The molecule has 7 aromatic rings. The molecule has 8 heteroatoms. The van der Waals surface area contributed by atoms with E-state index in [0.29, 0.717) is 26.1 Å². The molecule has 0 aliphatic carbocycles. The van der Waals surface area contributed by atoms with E-state index in [1.807, 2.05) is 72.8 Å². The number of hydrogen-bond donors (Lipinski definition) is 1. The molecule has 227 valence electrons. The minimum absolute atomic E-state index is 0. The number of ether oxygens (including phenoxy) is 2. The Morgan fingerprint density at radius 2 is 1.15 bits per heavy atom. The zero-order chi connectivity index (χ0) is 31.3. The van der Waals surface area contributed by atoms with E-state index in [4.69, 9.17) is 31.7 Å². The Hall–Kier alpha value is -4.11. The summed E-state index contributed by atoms with van der Waals surface area (Å²) in [7, 11) is 0. The Balaban J connectivity index is 0.00000386. The molecule has 0 amide bonds. The van der Waals surface area contributed by atoms with E-state index in [9.17, 15) is 5.11 Å². The fraction of sp³-hybridized carbons (Fsp3) is 0.103. The summed E-state index contributed by atoms with van der Waals surface area (Å²) in [5, 5.41) is 14.2. The van der Waals surface area contributed by atoms with Crippen LogP contribution in [0.1, 0.15) is 22.7 Å². The van der Waals surface area contributed by atoms with Gasteiger partial charge in [0.15, 0.2) is 5.05 Å². The maximum absolute atomic E-state index is 9.76. The van der Waals surface area contributed by atoms with Crippen molar-refractivity contribution in [2.45, 2.75) is 26.1 Å². The third-order valence-corrected chi connectivity index (χ3v) is 9.08. The predicted molar refractivity (Wildman–Crippen MR) is 197 cm³/mol. The zero-order valence-corrected chi connectivity index (χ0v) is 29.6. The summed E-state index contributed by atoms with van der Waals surface area (Å²) in [5.41, 5.74) is 8.11. The number of pyridine rings is 2. The SMILES string of the molecule is OC(=S)CCc1scc(-c2ccc(OCc3ccc4ccccc4n3)cc2)c1-c1ccc(OCc2ccc3ccccc3n2)cc1.[Na]. The van der Waals surface area contributed by atoms with E-state index < -0.39 is 0 Å². The first-order chi connectivity index (χ1) is 22.6. The third kappa shape index (κ3) is 7.89. The van der Waals surface area contributed by atoms with Crippen LogP contribution in [0.2, 0.25) is 0 Å². The molecule has 3 heterocycles. The van der Waals surface area contributed by atoms with Crippen LogP contribution in [0.5, 0.6) is 11.5 Å². The Labute approximate surface area is 305 Å². The van der Waals surface area contributed by atoms with Crippen molar-refractivity contribution in [3.8, 4) is 33.8 Å². The van der Waals surface area contributed by atoms with E-state index in [1.54, 1.807) is 11.3 Å². The van der Waals surface area contributed by atoms with Gasteiger partial charge in [0.2, 0.25) is 0 Å². The molecule has 7 rings (SSSR count). The van der Waals surface area contributed by atoms with E-state index in [0.717, 1.165) is 66.9 Å². The normalized spacial score (nSPS) is 10.9. The van der Waals surface area contributed by atoms with Crippen molar-refractivity contribution in [2.75, 3.05) is 0 Å². The van der Waals surface area contributed by atoms with Crippen LogP contribution < -0.4 is 9.47 Å². The second-order valence-corrected chi connectivity index (χ2v) is 12.4. The molecule has 1 radical (unpaired) electrons. The second kappa shape index (κ2) is 15.2. The van der Waals surface area contributed by atoms with E-state index >= 15 is 0 Å². The molecule has 0 fully saturated rings. The van der Waals surface area contributed by atoms with Crippen molar-refractivity contribution in [1.29, 1.82) is 0 Å². The van der Waals surface area contributed by atoms with Gasteiger partial charge >= 0.3 is 0 Å². The first-order valence-corrected chi connectivity index (χ1v) is 16.4. The molecule has 1 N–H and O–H groups in total. The van der Waals surface area contributed by atoms with Gasteiger partial charge in [-0.3, -0.25) is 0 Å². The van der Waals surface area contributed by atoms with Gasteiger partial charge < -0.3 is 14.6 Å². The second-order valence-electron chi connectivity index (χ2n) is 11.0. The number of benzene rings is 4. The average molecular weight is 662 g/mol. The molecule has 0 unspecified atom stereocenters. The van der Waals surface area contributed by atoms with Crippen molar-refractivity contribution >= 4 is 80.0 Å². The number of thiophene rings is 1. The van der Waals surface area contributed by atoms with Crippen molar-refractivity contribution in [3.05, 3.63) is 143 Å². The first kappa shape index (κ1) is 32.8. The molecule has 0 saturated carbocycles. The maximum atomic E-state index is 9.76. The number of aliphatic hydroxyl groups excluding tert-OH is 1. The van der Waals surface area contributed by atoms with Gasteiger partial charge in [-0.1, -0.05) is 72.8 Å². The molecular weight excluding hydrogens is 632 g/mol. The average Bonchev–Trinajstić information content (AvgIpc) is 3.53. The number of hydrogen-bond acceptors (Lipinski definition) is 6. The first-order valence-electron chi connectivity index (χ1n) is 15.1. The van der Waals surface area contributed by atoms with Gasteiger partial charge in [-0.25, -0.2) is 9.97 Å². The smallest absolute Gasteiger partial charge is 0.156 e. The van der Waals surface area contributed by atoms with Crippen LogP contribution in [0.25, 0.3) is 44.1 Å². The van der Waals surface area contributed by atoms with E-state index in [2.05, 4.69) is 53.9 Å². The van der Waals surface area contributed by atoms with E-state index in [-0.39, 0.29) is 34.6 Å². The molecule has 0 aliphatic heterocycles. The van der Waals surface area contributed by atoms with E-state index in [1.165, 1.54) is 4.88 Å². The number of thiocarbonyl (C=S) groups is 1. The number of aryl methyl sites for hydroxylation is 1. The summed E-state index contributed by atoms with van der Waals surface area (Å²) in [5.74, 6) is 1.56. The van der Waals surface area contributed by atoms with Crippen LogP contribution in [0.15, 0.2) is 127 Å². The van der Waals surface area contributed by atoms with Crippen LogP contribution in [0, 0.1) is 0 Å². The minimum atomic E-state index is 0. The summed E-state index contributed by atoms with van der Waals surface area (Å²) in [6, 6.07) is 40.6. The summed E-state index contributed by atoms with van der Waals surface area (Å²) in [4.78, 5) is 10.6. The molecule has 0 atom stereocenters. The van der Waals surface area contributed by atoms with Crippen molar-refractivity contribution in [1.82, 2.24) is 9.97 Å². The number of aliphatic hydroxyl groups is 1. The van der Waals surface area contributed by atoms with Crippen LogP contribution in [0.4, 0.5) is 0 Å². The van der Waals surface area contributed by atoms with Gasteiger partial charge in [0.05, 0.1) is 22.4 Å². The standard InChI is InChI=1S/C39H30N2O3S2.Na/c42-38(45)22-21-37-39(29-13-19-33(20-14-29)44-24-31-16-10-28-6-2-4-8-36(28)41-31)34(25-46-37)26-11-17-32(18-12-26)43-23-30-15-9-27-5-1-3-7-35(27)40-30;/h1-20,25H,21-24H2,(H,42,45);. The monoisotopic (exact) mass is 661 g/mol. The third-order valence-electron chi connectivity index (χ3n) is 7.83. The molecule has 0 aliphatic rings. The zero-order valence-electron chi connectivity index (χ0n) is 25.9. The number of nitrogens with zero attached hydrogens (tertiary/aromatic N) is 2. The molecule has 4 aromatic carbocycles. The van der Waals surface area contributed by atoms with Gasteiger partial charge in [0.25, 0.3) is 0 Å². The van der Waals surface area contributed by atoms with Gasteiger partial charge in [-0.2, -0.15) is 0 Å². The quantitative estimate of drug-likeness (QED) is 0.110. The largest absolute Gasteiger partial charge is 0.502 e. The molecule has 0 spiro atoms. The summed E-state index contributed by atoms with van der Waals surface area (Å²) >= 11 is 6.67. The van der Waals surface area contributed by atoms with Gasteiger partial charge in [-0.05, 0) is 83.7 Å². The molecule has 3 aromatic heterocycles. The molecular formula is C39H30N2NaO3S2. The van der Waals surface area contributed by atoms with Crippen LogP contribution in [0.3, 0.4) is 0 Å². The van der Waals surface area contributed by atoms with Crippen molar-refractivity contribution in [3.63, 3.8) is 0 Å². The number of aromatic nitrogens is 2. The molecule has 0 saturated heterocycles. The fourth-order valence-corrected chi connectivity index (χ4v) is 6.65. The van der Waals surface area contributed by atoms with Crippen LogP contribution in [-0.4, -0.2) is 49.7 Å². The molecule has 0 bridgehead atoms. The summed E-state index contributed by atoms with van der Waals surface area (Å²) < 4.78 is 12.2. The number of para-hydroxylation sites is 2. The Bertz CT molecular complexity index is 2150.